The summed E-state index contributed by atoms with van der Waals surface area (Å²) in [4.78, 5) is 17.7. The van der Waals surface area contributed by atoms with Gasteiger partial charge in [-0.2, -0.15) is 10.4 Å². The number of hydrogen-bond donors (Lipinski definition) is 2. The van der Waals surface area contributed by atoms with E-state index in [1.165, 1.54) is 12.1 Å². The number of benzene rings is 2. The third-order valence-electron chi connectivity index (χ3n) is 5.93. The van der Waals surface area contributed by atoms with Gasteiger partial charge in [0.05, 0.1) is 16.8 Å². The van der Waals surface area contributed by atoms with Crippen molar-refractivity contribution in [1.82, 2.24) is 30.0 Å². The maximum absolute atomic E-state index is 14.5. The molecule has 1 fully saturated rings. The molecule has 2 aromatic heterocycles. The molecular formula is C24H22FN7O. The molecular weight excluding hydrogens is 421 g/mol. The third kappa shape index (κ3) is 3.75. The Bertz CT molecular complexity index is 1420. The summed E-state index contributed by atoms with van der Waals surface area (Å²) in [5, 5.41) is 20.7. The van der Waals surface area contributed by atoms with Crippen molar-refractivity contribution in [3.8, 4) is 23.1 Å². The van der Waals surface area contributed by atoms with Crippen LogP contribution in [0.25, 0.3) is 28.0 Å². The molecule has 0 saturated carbocycles. The molecule has 1 unspecified atom stereocenters. The lowest BCUT2D eigenvalue weighted by Crippen LogP contribution is -2.36. The minimum absolute atomic E-state index is 0.0444. The second-order valence-corrected chi connectivity index (χ2v) is 8.22. The second-order valence-electron chi connectivity index (χ2n) is 8.22. The minimum Gasteiger partial charge on any atom is -0.347 e. The Kier molecular flexibility index (Phi) is 5.15. The van der Waals surface area contributed by atoms with E-state index in [2.05, 4.69) is 20.7 Å². The van der Waals surface area contributed by atoms with Crippen molar-refractivity contribution in [3.63, 3.8) is 0 Å². The van der Waals surface area contributed by atoms with E-state index in [9.17, 15) is 9.18 Å². The highest BCUT2D eigenvalue weighted by Crippen LogP contribution is 2.29. The SMILES string of the molecule is Cc1c(C(=O)NC2CCNC2)nc(-c2ccc(C#N)c(F)c2)n1-c1ccc2nn(C)cc2c1. The molecule has 166 valence electrons. The molecule has 1 amide bonds. The summed E-state index contributed by atoms with van der Waals surface area (Å²) in [5.74, 6) is -0.473. The minimum atomic E-state index is -0.632. The maximum atomic E-state index is 14.5. The monoisotopic (exact) mass is 443 g/mol. The number of nitrogens with one attached hydrogen (secondary N) is 2. The summed E-state index contributed by atoms with van der Waals surface area (Å²) in [6.45, 7) is 3.40. The number of amides is 1. The number of halogens is 1. The largest absolute Gasteiger partial charge is 0.347 e. The lowest BCUT2D eigenvalue weighted by Gasteiger charge is -2.12. The Balaban J connectivity index is 1.66. The van der Waals surface area contributed by atoms with Crippen LogP contribution >= 0.6 is 0 Å². The van der Waals surface area contributed by atoms with E-state index in [0.717, 1.165) is 36.1 Å². The molecule has 1 atom stereocenters. The van der Waals surface area contributed by atoms with Gasteiger partial charge in [-0.1, -0.05) is 0 Å². The van der Waals surface area contributed by atoms with Crippen LogP contribution in [0, 0.1) is 24.1 Å². The normalized spacial score (nSPS) is 15.6. The molecule has 8 nitrogen and oxygen atoms in total. The van der Waals surface area contributed by atoms with Crippen LogP contribution in [0.4, 0.5) is 4.39 Å². The van der Waals surface area contributed by atoms with Gasteiger partial charge in [0, 0.05) is 42.5 Å². The molecule has 4 aromatic rings. The molecule has 1 aliphatic rings. The molecule has 9 heteroatoms. The zero-order chi connectivity index (χ0) is 23.1. The van der Waals surface area contributed by atoms with Crippen LogP contribution in [0.15, 0.2) is 42.6 Å². The summed E-state index contributed by atoms with van der Waals surface area (Å²) < 4.78 is 18.0. The summed E-state index contributed by atoms with van der Waals surface area (Å²) in [5.41, 5.74) is 2.98. The van der Waals surface area contributed by atoms with Crippen molar-refractivity contribution in [2.45, 2.75) is 19.4 Å². The molecule has 2 aromatic carbocycles. The standard InChI is InChI=1S/C24H22FN7O/c1-14-22(24(33)28-18-7-8-27-12-18)29-23(15-3-4-16(11-26)20(25)10-15)32(14)19-5-6-21-17(9-19)13-31(2)30-21/h3-6,9-10,13,18,27H,7-8,12H2,1-2H3,(H,28,33). The third-order valence-corrected chi connectivity index (χ3v) is 5.93. The number of hydrogen-bond acceptors (Lipinski definition) is 5. The number of carbonyl (C=O) groups is 1. The van der Waals surface area contributed by atoms with Crippen molar-refractivity contribution >= 4 is 16.8 Å². The molecule has 0 aliphatic carbocycles. The van der Waals surface area contributed by atoms with Crippen LogP contribution < -0.4 is 10.6 Å². The first-order valence-corrected chi connectivity index (χ1v) is 10.7. The predicted molar refractivity (Wildman–Crippen MR) is 121 cm³/mol. The predicted octanol–water partition coefficient (Wildman–Crippen LogP) is 2.84. The van der Waals surface area contributed by atoms with Gasteiger partial charge in [0.2, 0.25) is 0 Å². The van der Waals surface area contributed by atoms with Gasteiger partial charge >= 0.3 is 0 Å². The fourth-order valence-corrected chi connectivity index (χ4v) is 4.28. The molecule has 0 bridgehead atoms. The van der Waals surface area contributed by atoms with E-state index in [-0.39, 0.29) is 23.2 Å². The van der Waals surface area contributed by atoms with E-state index < -0.39 is 5.82 Å². The number of nitriles is 1. The Morgan fingerprint density at radius 1 is 1.30 bits per heavy atom. The maximum Gasteiger partial charge on any atom is 0.272 e. The van der Waals surface area contributed by atoms with Gasteiger partial charge in [-0.05, 0) is 56.3 Å². The van der Waals surface area contributed by atoms with Crippen molar-refractivity contribution in [2.24, 2.45) is 7.05 Å². The van der Waals surface area contributed by atoms with Crippen molar-refractivity contribution in [1.29, 1.82) is 5.26 Å². The first-order valence-electron chi connectivity index (χ1n) is 10.7. The number of carbonyl (C=O) groups excluding carboxylic acids is 1. The van der Waals surface area contributed by atoms with Gasteiger partial charge in [0.1, 0.15) is 23.4 Å². The lowest BCUT2D eigenvalue weighted by molar-refractivity contribution is 0.0935. The summed E-state index contributed by atoms with van der Waals surface area (Å²) in [7, 11) is 1.85. The number of rotatable bonds is 4. The lowest BCUT2D eigenvalue weighted by atomic mass is 10.1. The van der Waals surface area contributed by atoms with Gasteiger partial charge in [-0.3, -0.25) is 14.0 Å². The van der Waals surface area contributed by atoms with Crippen molar-refractivity contribution < 1.29 is 9.18 Å². The zero-order valence-corrected chi connectivity index (χ0v) is 18.3. The van der Waals surface area contributed by atoms with Crippen LogP contribution in [0.5, 0.6) is 0 Å². The summed E-state index contributed by atoms with van der Waals surface area (Å²) in [6.07, 6.45) is 2.77. The fraction of sp³-hybridized carbons (Fsp3) is 0.250. The average molecular weight is 443 g/mol. The van der Waals surface area contributed by atoms with E-state index >= 15 is 0 Å². The number of fused-ring (bicyclic) bond motifs is 1. The Morgan fingerprint density at radius 2 is 2.15 bits per heavy atom. The summed E-state index contributed by atoms with van der Waals surface area (Å²) >= 11 is 0. The molecule has 1 aliphatic heterocycles. The zero-order valence-electron chi connectivity index (χ0n) is 18.3. The van der Waals surface area contributed by atoms with Crippen LogP contribution in [-0.4, -0.2) is 44.4 Å². The van der Waals surface area contributed by atoms with E-state index in [1.54, 1.807) is 10.7 Å². The van der Waals surface area contributed by atoms with Crippen molar-refractivity contribution in [3.05, 3.63) is 65.4 Å². The molecule has 3 heterocycles. The number of aryl methyl sites for hydroxylation is 1. The smallest absolute Gasteiger partial charge is 0.272 e. The van der Waals surface area contributed by atoms with E-state index in [4.69, 9.17) is 5.26 Å². The molecule has 33 heavy (non-hydrogen) atoms. The highest BCUT2D eigenvalue weighted by Gasteiger charge is 2.25. The first-order chi connectivity index (χ1) is 15.9. The topological polar surface area (TPSA) is 101 Å². The van der Waals surface area contributed by atoms with Gasteiger partial charge in [0.15, 0.2) is 0 Å². The first kappa shape index (κ1) is 20.8. The average Bonchev–Trinajstić information content (AvgIpc) is 3.51. The highest BCUT2D eigenvalue weighted by molar-refractivity contribution is 5.95. The highest BCUT2D eigenvalue weighted by atomic mass is 19.1. The van der Waals surface area contributed by atoms with Crippen molar-refractivity contribution in [2.75, 3.05) is 13.1 Å². The van der Waals surface area contributed by atoms with Gasteiger partial charge < -0.3 is 10.6 Å². The summed E-state index contributed by atoms with van der Waals surface area (Å²) in [6, 6.07) is 12.0. The number of nitrogens with zero attached hydrogens (tertiary/aromatic N) is 5. The van der Waals surface area contributed by atoms with Crippen LogP contribution in [0.2, 0.25) is 0 Å². The Morgan fingerprint density at radius 3 is 2.88 bits per heavy atom. The quantitative estimate of drug-likeness (QED) is 0.505. The van der Waals surface area contributed by atoms with Gasteiger partial charge in [-0.15, -0.1) is 0 Å². The van der Waals surface area contributed by atoms with Crippen LogP contribution in [0.3, 0.4) is 0 Å². The molecule has 1 saturated heterocycles. The molecule has 5 rings (SSSR count). The fourth-order valence-electron chi connectivity index (χ4n) is 4.28. The second kappa shape index (κ2) is 8.15. The Labute approximate surface area is 189 Å². The van der Waals surface area contributed by atoms with E-state index in [0.29, 0.717) is 17.1 Å². The van der Waals surface area contributed by atoms with Gasteiger partial charge in [0.25, 0.3) is 5.91 Å². The van der Waals surface area contributed by atoms with Crippen LogP contribution in [0.1, 0.15) is 28.2 Å². The van der Waals surface area contributed by atoms with Crippen LogP contribution in [-0.2, 0) is 7.05 Å². The number of aromatic nitrogens is 4. The van der Waals surface area contributed by atoms with Gasteiger partial charge in [-0.25, -0.2) is 9.37 Å². The number of imidazole rings is 1. The molecule has 2 N–H and O–H groups in total. The Hall–Kier alpha value is -4.03. The molecule has 0 radical (unpaired) electrons. The molecule has 0 spiro atoms. The van der Waals surface area contributed by atoms with E-state index in [1.807, 2.05) is 49.0 Å².